The summed E-state index contributed by atoms with van der Waals surface area (Å²) in [5, 5.41) is 7.20. The predicted molar refractivity (Wildman–Crippen MR) is 92.1 cm³/mol. The molecule has 134 valence electrons. The maximum Gasteiger partial charge on any atom is 0.260 e. The molecule has 4 rings (SSSR count). The number of nitrogens with one attached hydrogen (secondary N) is 1. The first-order valence-corrected chi connectivity index (χ1v) is 8.52. The van der Waals surface area contributed by atoms with Gasteiger partial charge in [-0.15, -0.1) is 0 Å². The van der Waals surface area contributed by atoms with Gasteiger partial charge in [0.1, 0.15) is 5.52 Å². The Hall–Kier alpha value is -3.03. The number of halogens is 1. The van der Waals surface area contributed by atoms with E-state index < -0.39 is 5.82 Å². The van der Waals surface area contributed by atoms with Crippen molar-refractivity contribution in [2.75, 3.05) is 19.7 Å². The molecule has 1 fully saturated rings. The Morgan fingerprint density at radius 2 is 2.15 bits per heavy atom. The first kappa shape index (κ1) is 16.4. The number of nitrogens with zero attached hydrogens (tertiary/aromatic N) is 4. The lowest BCUT2D eigenvalue weighted by molar-refractivity contribution is -0.134. The first-order valence-electron chi connectivity index (χ1n) is 8.52. The molecule has 2 aromatic heterocycles. The van der Waals surface area contributed by atoms with Crippen molar-refractivity contribution >= 4 is 17.1 Å². The third-order valence-electron chi connectivity index (χ3n) is 4.59. The highest BCUT2D eigenvalue weighted by Crippen LogP contribution is 2.29. The number of amides is 1. The Bertz CT molecular complexity index is 929. The van der Waals surface area contributed by atoms with Gasteiger partial charge >= 0.3 is 0 Å². The number of likely N-dealkylation sites (tertiary alicyclic amines) is 1. The number of para-hydroxylation sites is 1. The molecule has 1 aliphatic heterocycles. The molecule has 1 aliphatic rings. The Kier molecular flexibility index (Phi) is 4.47. The number of aromatic nitrogens is 4. The van der Waals surface area contributed by atoms with E-state index in [2.05, 4.69) is 20.2 Å². The number of carbonyl (C=O) groups excluding carboxylic acids is 1. The van der Waals surface area contributed by atoms with Crippen LogP contribution in [-0.4, -0.2) is 50.7 Å². The fourth-order valence-electron chi connectivity index (χ4n) is 3.29. The fourth-order valence-corrected chi connectivity index (χ4v) is 3.29. The summed E-state index contributed by atoms with van der Waals surface area (Å²) in [5.41, 5.74) is 2.23. The number of rotatable bonds is 4. The van der Waals surface area contributed by atoms with Gasteiger partial charge < -0.3 is 9.64 Å². The van der Waals surface area contributed by atoms with E-state index >= 15 is 0 Å². The molecular formula is C18H18FN5O2. The number of carbonyl (C=O) groups is 1. The average molecular weight is 355 g/mol. The van der Waals surface area contributed by atoms with E-state index in [0.29, 0.717) is 18.7 Å². The van der Waals surface area contributed by atoms with Crippen LogP contribution in [0.15, 0.2) is 36.7 Å². The average Bonchev–Trinajstić information content (AvgIpc) is 3.11. The number of piperidine rings is 1. The second kappa shape index (κ2) is 7.07. The maximum absolute atomic E-state index is 13.6. The summed E-state index contributed by atoms with van der Waals surface area (Å²) in [6.07, 6.45) is 5.04. The van der Waals surface area contributed by atoms with E-state index in [0.717, 1.165) is 24.1 Å². The molecule has 0 bridgehead atoms. The van der Waals surface area contributed by atoms with Crippen LogP contribution in [0.5, 0.6) is 5.75 Å². The maximum atomic E-state index is 13.6. The van der Waals surface area contributed by atoms with E-state index in [1.165, 1.54) is 12.1 Å². The van der Waals surface area contributed by atoms with Gasteiger partial charge in [0, 0.05) is 31.4 Å². The summed E-state index contributed by atoms with van der Waals surface area (Å²) in [7, 11) is 0. The van der Waals surface area contributed by atoms with Crippen LogP contribution in [0.1, 0.15) is 24.5 Å². The van der Waals surface area contributed by atoms with Crippen LogP contribution in [0.4, 0.5) is 4.39 Å². The van der Waals surface area contributed by atoms with E-state index in [-0.39, 0.29) is 24.2 Å². The zero-order valence-corrected chi connectivity index (χ0v) is 14.1. The Morgan fingerprint density at radius 1 is 1.31 bits per heavy atom. The monoisotopic (exact) mass is 355 g/mol. The molecule has 1 amide bonds. The first-order chi connectivity index (χ1) is 12.7. The van der Waals surface area contributed by atoms with Crippen LogP contribution in [0.3, 0.4) is 0 Å². The Labute approximate surface area is 149 Å². The summed E-state index contributed by atoms with van der Waals surface area (Å²) in [4.78, 5) is 22.8. The summed E-state index contributed by atoms with van der Waals surface area (Å²) in [5.74, 6) is -0.431. The fraction of sp³-hybridized carbons (Fsp3) is 0.333. The molecule has 0 unspecified atom stereocenters. The third-order valence-corrected chi connectivity index (χ3v) is 4.59. The van der Waals surface area contributed by atoms with Gasteiger partial charge in [0.2, 0.25) is 0 Å². The highest BCUT2D eigenvalue weighted by atomic mass is 19.1. The van der Waals surface area contributed by atoms with Gasteiger partial charge in [-0.25, -0.2) is 14.4 Å². The molecule has 1 aromatic carbocycles. The Morgan fingerprint density at radius 3 is 3.04 bits per heavy atom. The topological polar surface area (TPSA) is 84.0 Å². The number of fused-ring (bicyclic) bond motifs is 1. The quantitative estimate of drug-likeness (QED) is 0.776. The molecule has 0 saturated carbocycles. The number of benzene rings is 1. The molecule has 26 heavy (non-hydrogen) atoms. The van der Waals surface area contributed by atoms with Gasteiger partial charge in [-0.3, -0.25) is 9.89 Å². The van der Waals surface area contributed by atoms with E-state index in [9.17, 15) is 9.18 Å². The number of aromatic amines is 1. The van der Waals surface area contributed by atoms with E-state index in [4.69, 9.17) is 4.74 Å². The van der Waals surface area contributed by atoms with Crippen molar-refractivity contribution in [3.05, 3.63) is 48.2 Å². The molecule has 1 saturated heterocycles. The predicted octanol–water partition coefficient (Wildman–Crippen LogP) is 2.28. The minimum absolute atomic E-state index is 0.0873. The zero-order chi connectivity index (χ0) is 17.9. The molecule has 0 spiro atoms. The molecule has 1 atom stereocenters. The van der Waals surface area contributed by atoms with Crippen molar-refractivity contribution in [3.8, 4) is 5.75 Å². The second-order valence-corrected chi connectivity index (χ2v) is 6.26. The summed E-state index contributed by atoms with van der Waals surface area (Å²) in [6.45, 7) is 1.03. The van der Waals surface area contributed by atoms with Gasteiger partial charge in [-0.2, -0.15) is 5.10 Å². The summed E-state index contributed by atoms with van der Waals surface area (Å²) < 4.78 is 18.9. The molecule has 3 heterocycles. The SMILES string of the molecule is O=C(COc1ccccc1F)N1CCC[C@@H](c2[nH]nc3nccnc23)C1. The van der Waals surface area contributed by atoms with Gasteiger partial charge in [0.05, 0.1) is 5.69 Å². The normalized spacial score (nSPS) is 17.4. The minimum atomic E-state index is -0.473. The van der Waals surface area contributed by atoms with Crippen LogP contribution in [0.2, 0.25) is 0 Å². The molecule has 3 aromatic rings. The number of ether oxygens (including phenoxy) is 1. The second-order valence-electron chi connectivity index (χ2n) is 6.26. The highest BCUT2D eigenvalue weighted by molar-refractivity contribution is 5.78. The van der Waals surface area contributed by atoms with Crippen LogP contribution < -0.4 is 4.74 Å². The van der Waals surface area contributed by atoms with E-state index in [1.54, 1.807) is 29.4 Å². The lowest BCUT2D eigenvalue weighted by atomic mass is 9.94. The molecule has 8 heteroatoms. The van der Waals surface area contributed by atoms with Crippen LogP contribution in [-0.2, 0) is 4.79 Å². The molecule has 0 aliphatic carbocycles. The smallest absolute Gasteiger partial charge is 0.260 e. The van der Waals surface area contributed by atoms with Gasteiger partial charge in [-0.05, 0) is 25.0 Å². The lowest BCUT2D eigenvalue weighted by Crippen LogP contribution is -2.41. The van der Waals surface area contributed by atoms with E-state index in [1.807, 2.05) is 0 Å². The molecule has 1 N–H and O–H groups in total. The van der Waals surface area contributed by atoms with Crippen LogP contribution >= 0.6 is 0 Å². The van der Waals surface area contributed by atoms with Gasteiger partial charge in [0.15, 0.2) is 23.8 Å². The third kappa shape index (κ3) is 3.22. The van der Waals surface area contributed by atoms with Crippen molar-refractivity contribution in [3.63, 3.8) is 0 Å². The van der Waals surface area contributed by atoms with Crippen molar-refractivity contribution in [1.82, 2.24) is 25.1 Å². The number of H-pyrrole nitrogens is 1. The highest BCUT2D eigenvalue weighted by Gasteiger charge is 2.28. The standard InChI is InChI=1S/C18H18FN5O2/c19-13-5-1-2-6-14(13)26-11-15(25)24-9-3-4-12(10-24)16-17-18(23-22-16)21-8-7-20-17/h1-2,5-8,12H,3-4,9-11H2,(H,21,22,23)/t12-/m1/s1. The largest absolute Gasteiger partial charge is 0.481 e. The van der Waals surface area contributed by atoms with Crippen molar-refractivity contribution < 1.29 is 13.9 Å². The summed E-state index contributed by atoms with van der Waals surface area (Å²) >= 11 is 0. The lowest BCUT2D eigenvalue weighted by Gasteiger charge is -2.32. The molecular weight excluding hydrogens is 337 g/mol. The molecule has 0 radical (unpaired) electrons. The van der Waals surface area contributed by atoms with Crippen LogP contribution in [0, 0.1) is 5.82 Å². The van der Waals surface area contributed by atoms with Gasteiger partial charge in [0.25, 0.3) is 5.91 Å². The molecule has 7 nitrogen and oxygen atoms in total. The van der Waals surface area contributed by atoms with Crippen molar-refractivity contribution in [2.45, 2.75) is 18.8 Å². The van der Waals surface area contributed by atoms with Crippen molar-refractivity contribution in [1.29, 1.82) is 0 Å². The number of hydrogen-bond acceptors (Lipinski definition) is 5. The Balaban J connectivity index is 1.43. The van der Waals surface area contributed by atoms with Crippen LogP contribution in [0.25, 0.3) is 11.2 Å². The minimum Gasteiger partial charge on any atom is -0.481 e. The van der Waals surface area contributed by atoms with Gasteiger partial charge in [-0.1, -0.05) is 12.1 Å². The zero-order valence-electron chi connectivity index (χ0n) is 14.1. The summed E-state index contributed by atoms with van der Waals surface area (Å²) in [6, 6.07) is 6.07. The van der Waals surface area contributed by atoms with Crippen molar-refractivity contribution in [2.24, 2.45) is 0 Å². The number of hydrogen-bond donors (Lipinski definition) is 1.